The van der Waals surface area contributed by atoms with E-state index in [1.807, 2.05) is 10.6 Å². The Morgan fingerprint density at radius 2 is 2.44 bits per heavy atom. The number of ether oxygens (including phenoxy) is 1. The number of fused-ring (bicyclic) bond motifs is 1. The van der Waals surface area contributed by atoms with Crippen LogP contribution in [0, 0.1) is 0 Å². The smallest absolute Gasteiger partial charge is 0.338 e. The maximum Gasteiger partial charge on any atom is 0.338 e. The molecule has 0 saturated carbocycles. The van der Waals surface area contributed by atoms with Crippen LogP contribution in [0.25, 0.3) is 5.65 Å². The minimum Gasteiger partial charge on any atom is -0.462 e. The van der Waals surface area contributed by atoms with Crippen molar-refractivity contribution < 1.29 is 9.53 Å². The zero-order valence-corrected chi connectivity index (χ0v) is 9.01. The molecular formula is C11H13N3O2. The minimum atomic E-state index is -0.331. The van der Waals surface area contributed by atoms with Gasteiger partial charge in [0.2, 0.25) is 0 Å². The number of nitrogens with zero attached hydrogens (tertiary/aromatic N) is 2. The van der Waals surface area contributed by atoms with Crippen LogP contribution in [0.15, 0.2) is 24.5 Å². The molecule has 0 spiro atoms. The molecule has 2 heterocycles. The summed E-state index contributed by atoms with van der Waals surface area (Å²) in [5, 5.41) is 0. The van der Waals surface area contributed by atoms with Gasteiger partial charge in [0.15, 0.2) is 0 Å². The van der Waals surface area contributed by atoms with Gasteiger partial charge in [-0.05, 0) is 19.1 Å². The largest absolute Gasteiger partial charge is 0.462 e. The number of carbonyl (C=O) groups excluding carboxylic acids is 1. The molecule has 0 aromatic carbocycles. The first-order valence-corrected chi connectivity index (χ1v) is 5.09. The lowest BCUT2D eigenvalue weighted by Gasteiger charge is -2.01. The molecule has 2 rings (SSSR count). The second-order valence-corrected chi connectivity index (χ2v) is 3.34. The van der Waals surface area contributed by atoms with Crippen LogP contribution < -0.4 is 5.73 Å². The fourth-order valence-corrected chi connectivity index (χ4v) is 1.47. The molecule has 2 aromatic rings. The fraction of sp³-hybridized carbons (Fsp3) is 0.273. The monoisotopic (exact) mass is 219 g/mol. The van der Waals surface area contributed by atoms with Crippen molar-refractivity contribution in [2.45, 2.75) is 13.5 Å². The molecule has 0 unspecified atom stereocenters. The van der Waals surface area contributed by atoms with Crippen molar-refractivity contribution in [1.82, 2.24) is 9.38 Å². The van der Waals surface area contributed by atoms with E-state index in [0.717, 1.165) is 5.69 Å². The van der Waals surface area contributed by atoms with Crippen molar-refractivity contribution in [3.05, 3.63) is 35.8 Å². The van der Waals surface area contributed by atoms with Crippen molar-refractivity contribution in [2.24, 2.45) is 5.73 Å². The van der Waals surface area contributed by atoms with E-state index in [4.69, 9.17) is 10.5 Å². The van der Waals surface area contributed by atoms with Crippen molar-refractivity contribution in [1.29, 1.82) is 0 Å². The summed E-state index contributed by atoms with van der Waals surface area (Å²) in [6.45, 7) is 2.53. The normalized spacial score (nSPS) is 10.6. The first kappa shape index (κ1) is 10.6. The van der Waals surface area contributed by atoms with Crippen LogP contribution in [-0.2, 0) is 11.3 Å². The fourth-order valence-electron chi connectivity index (χ4n) is 1.47. The zero-order chi connectivity index (χ0) is 11.5. The summed E-state index contributed by atoms with van der Waals surface area (Å²) in [5.74, 6) is -0.331. The van der Waals surface area contributed by atoms with Gasteiger partial charge in [-0.3, -0.25) is 0 Å². The first-order chi connectivity index (χ1) is 7.74. The minimum absolute atomic E-state index is 0.331. The number of hydrogen-bond donors (Lipinski definition) is 1. The van der Waals surface area contributed by atoms with Crippen molar-refractivity contribution in [3.8, 4) is 0 Å². The summed E-state index contributed by atoms with van der Waals surface area (Å²) < 4.78 is 6.73. The number of imidazole rings is 1. The molecule has 2 aromatic heterocycles. The lowest BCUT2D eigenvalue weighted by molar-refractivity contribution is 0.0526. The van der Waals surface area contributed by atoms with E-state index >= 15 is 0 Å². The van der Waals surface area contributed by atoms with Crippen molar-refractivity contribution in [3.63, 3.8) is 0 Å². The highest BCUT2D eigenvalue weighted by molar-refractivity contribution is 5.90. The van der Waals surface area contributed by atoms with Gasteiger partial charge in [0, 0.05) is 18.9 Å². The molecule has 5 heteroatoms. The van der Waals surface area contributed by atoms with Crippen molar-refractivity contribution in [2.75, 3.05) is 6.61 Å². The first-order valence-electron chi connectivity index (χ1n) is 5.09. The Morgan fingerprint density at radius 1 is 1.62 bits per heavy atom. The quantitative estimate of drug-likeness (QED) is 0.781. The van der Waals surface area contributed by atoms with Gasteiger partial charge in [-0.2, -0.15) is 0 Å². The van der Waals surface area contributed by atoms with Crippen LogP contribution in [0.2, 0.25) is 0 Å². The van der Waals surface area contributed by atoms with Gasteiger partial charge in [-0.1, -0.05) is 0 Å². The van der Waals surface area contributed by atoms with Gasteiger partial charge in [0.25, 0.3) is 0 Å². The summed E-state index contributed by atoms with van der Waals surface area (Å²) in [6, 6.07) is 3.39. The number of pyridine rings is 1. The number of nitrogens with two attached hydrogens (primary N) is 1. The molecule has 0 radical (unpaired) electrons. The summed E-state index contributed by atoms with van der Waals surface area (Å²) in [7, 11) is 0. The second kappa shape index (κ2) is 4.32. The third-order valence-electron chi connectivity index (χ3n) is 2.23. The average Bonchev–Trinajstić information content (AvgIpc) is 2.70. The third kappa shape index (κ3) is 1.90. The number of rotatable bonds is 3. The lowest BCUT2D eigenvalue weighted by Crippen LogP contribution is -2.04. The summed E-state index contributed by atoms with van der Waals surface area (Å²) in [5.41, 5.74) is 7.49. The van der Waals surface area contributed by atoms with E-state index in [0.29, 0.717) is 24.4 Å². The molecule has 0 aliphatic heterocycles. The third-order valence-corrected chi connectivity index (χ3v) is 2.23. The summed E-state index contributed by atoms with van der Waals surface area (Å²) in [4.78, 5) is 15.7. The number of hydrogen-bond acceptors (Lipinski definition) is 4. The van der Waals surface area contributed by atoms with Gasteiger partial charge in [0.05, 0.1) is 17.9 Å². The highest BCUT2D eigenvalue weighted by Crippen LogP contribution is 2.09. The average molecular weight is 219 g/mol. The zero-order valence-electron chi connectivity index (χ0n) is 9.01. The molecule has 0 saturated heterocycles. The Bertz CT molecular complexity index is 519. The number of carbonyl (C=O) groups is 1. The molecule has 0 amide bonds. The summed E-state index contributed by atoms with van der Waals surface area (Å²) >= 11 is 0. The van der Waals surface area contributed by atoms with Crippen LogP contribution in [0.1, 0.15) is 23.0 Å². The van der Waals surface area contributed by atoms with E-state index in [1.54, 1.807) is 25.3 Å². The molecule has 0 fully saturated rings. The van der Waals surface area contributed by atoms with E-state index < -0.39 is 0 Å². The van der Waals surface area contributed by atoms with Crippen molar-refractivity contribution >= 4 is 11.6 Å². The van der Waals surface area contributed by atoms with E-state index in [1.165, 1.54) is 0 Å². The maximum atomic E-state index is 11.5. The molecule has 0 bridgehead atoms. The standard InChI is InChI=1S/C11H13N3O2/c1-2-16-11(15)8-3-4-14-7-9(6-12)13-10(14)5-8/h3-5,7H,2,6,12H2,1H3. The SMILES string of the molecule is CCOC(=O)c1ccn2cc(CN)nc2c1. The van der Waals surface area contributed by atoms with E-state index in [9.17, 15) is 4.79 Å². The summed E-state index contributed by atoms with van der Waals surface area (Å²) in [6.07, 6.45) is 3.61. The molecule has 0 aliphatic rings. The Labute approximate surface area is 92.8 Å². The second-order valence-electron chi connectivity index (χ2n) is 3.34. The number of esters is 1. The topological polar surface area (TPSA) is 69.6 Å². The van der Waals surface area contributed by atoms with E-state index in [-0.39, 0.29) is 5.97 Å². The molecule has 0 atom stereocenters. The highest BCUT2D eigenvalue weighted by Gasteiger charge is 2.08. The number of aromatic nitrogens is 2. The van der Waals surface area contributed by atoms with Crippen LogP contribution in [0.3, 0.4) is 0 Å². The molecule has 84 valence electrons. The van der Waals surface area contributed by atoms with Crippen LogP contribution in [0.5, 0.6) is 0 Å². The Balaban J connectivity index is 2.39. The lowest BCUT2D eigenvalue weighted by atomic mass is 10.3. The molecule has 16 heavy (non-hydrogen) atoms. The Kier molecular flexibility index (Phi) is 2.87. The highest BCUT2D eigenvalue weighted by atomic mass is 16.5. The van der Waals surface area contributed by atoms with Gasteiger partial charge in [0.1, 0.15) is 5.65 Å². The van der Waals surface area contributed by atoms with Gasteiger partial charge < -0.3 is 14.9 Å². The van der Waals surface area contributed by atoms with Crippen LogP contribution in [0.4, 0.5) is 0 Å². The van der Waals surface area contributed by atoms with Gasteiger partial charge in [-0.15, -0.1) is 0 Å². The predicted molar refractivity (Wildman–Crippen MR) is 59.0 cm³/mol. The van der Waals surface area contributed by atoms with Gasteiger partial charge >= 0.3 is 5.97 Å². The maximum absolute atomic E-state index is 11.5. The predicted octanol–water partition coefficient (Wildman–Crippen LogP) is 0.970. The molecule has 2 N–H and O–H groups in total. The van der Waals surface area contributed by atoms with E-state index in [2.05, 4.69) is 4.98 Å². The molecule has 0 aliphatic carbocycles. The molecular weight excluding hydrogens is 206 g/mol. The van der Waals surface area contributed by atoms with Gasteiger partial charge in [-0.25, -0.2) is 9.78 Å². The van der Waals surface area contributed by atoms with Crippen LogP contribution >= 0.6 is 0 Å². The molecule has 5 nitrogen and oxygen atoms in total. The van der Waals surface area contributed by atoms with Crippen LogP contribution in [-0.4, -0.2) is 22.0 Å². The Morgan fingerprint density at radius 3 is 3.12 bits per heavy atom. The Hall–Kier alpha value is -1.88.